The Morgan fingerprint density at radius 2 is 1.87 bits per heavy atom. The molecule has 170 valence electrons. The van der Waals surface area contributed by atoms with Gasteiger partial charge < -0.3 is 30.0 Å². The van der Waals surface area contributed by atoms with E-state index in [0.29, 0.717) is 0 Å². The van der Waals surface area contributed by atoms with Crippen molar-refractivity contribution in [2.24, 2.45) is 5.73 Å². The van der Waals surface area contributed by atoms with Crippen LogP contribution in [0.5, 0.6) is 0 Å². The van der Waals surface area contributed by atoms with Crippen LogP contribution in [0.4, 0.5) is 13.2 Å². The van der Waals surface area contributed by atoms with E-state index < -0.39 is 59.5 Å². The van der Waals surface area contributed by atoms with Gasteiger partial charge in [-0.3, -0.25) is 14.4 Å². The molecule has 1 amide bonds. The van der Waals surface area contributed by atoms with E-state index in [1.54, 1.807) is 5.32 Å². The fourth-order valence-corrected chi connectivity index (χ4v) is 2.90. The van der Waals surface area contributed by atoms with Gasteiger partial charge in [0.2, 0.25) is 5.76 Å². The molecule has 0 saturated heterocycles. The number of rotatable bonds is 7. The molecule has 0 aliphatic carbocycles. The largest absolute Gasteiger partial charge is 0.474 e. The number of hydrogen-bond donors (Lipinski definition) is 2. The number of alkyl halides is 3. The molecule has 13 heteroatoms. The van der Waals surface area contributed by atoms with Crippen molar-refractivity contribution >= 4 is 23.8 Å². The molecular formula is C17H23F3N2O8. The van der Waals surface area contributed by atoms with Crippen LogP contribution in [0.25, 0.3) is 0 Å². The third-order valence-electron chi connectivity index (χ3n) is 4.24. The van der Waals surface area contributed by atoms with Crippen molar-refractivity contribution < 1.29 is 51.3 Å². The highest BCUT2D eigenvalue weighted by molar-refractivity contribution is 5.87. The van der Waals surface area contributed by atoms with Gasteiger partial charge in [0.15, 0.2) is 5.60 Å². The first-order chi connectivity index (χ1) is 13.7. The van der Waals surface area contributed by atoms with E-state index in [1.807, 2.05) is 0 Å². The van der Waals surface area contributed by atoms with Gasteiger partial charge in [-0.1, -0.05) is 0 Å². The molecule has 30 heavy (non-hydrogen) atoms. The van der Waals surface area contributed by atoms with Crippen LogP contribution in [0.1, 0.15) is 27.2 Å². The Hall–Kier alpha value is -2.83. The first-order valence-corrected chi connectivity index (χ1v) is 8.65. The molecule has 0 unspecified atom stereocenters. The molecule has 1 rings (SSSR count). The lowest BCUT2D eigenvalue weighted by Gasteiger charge is -2.47. The van der Waals surface area contributed by atoms with Gasteiger partial charge >= 0.3 is 30.0 Å². The number of halogens is 3. The zero-order valence-electron chi connectivity index (χ0n) is 16.7. The summed E-state index contributed by atoms with van der Waals surface area (Å²) in [4.78, 5) is 46.1. The van der Waals surface area contributed by atoms with Gasteiger partial charge in [-0.05, 0) is 13.0 Å². The number of carbonyl (C=O) groups excluding carboxylic acids is 4. The maximum Gasteiger partial charge on any atom is 0.471 e. The SMILES string of the molecule is COC(=O)C1=C[C@H](N)[C@@H](NC(=O)C(F)(F)F)[C@](C)([C@@H](CCOC(C)=O)OC(C)=O)O1. The lowest BCUT2D eigenvalue weighted by atomic mass is 9.81. The van der Waals surface area contributed by atoms with Crippen molar-refractivity contribution in [1.82, 2.24) is 5.32 Å². The molecule has 0 fully saturated rings. The van der Waals surface area contributed by atoms with Gasteiger partial charge in [0.05, 0.1) is 25.8 Å². The topological polar surface area (TPSA) is 143 Å². The molecule has 0 bridgehead atoms. The van der Waals surface area contributed by atoms with Crippen molar-refractivity contribution in [3.8, 4) is 0 Å². The van der Waals surface area contributed by atoms with Crippen molar-refractivity contribution in [2.75, 3.05) is 13.7 Å². The number of nitrogens with two attached hydrogens (primary N) is 1. The minimum absolute atomic E-state index is 0.227. The van der Waals surface area contributed by atoms with Gasteiger partial charge in [0, 0.05) is 20.3 Å². The molecule has 10 nitrogen and oxygen atoms in total. The quantitative estimate of drug-likeness (QED) is 0.416. The molecule has 0 aromatic rings. The number of carbonyl (C=O) groups is 4. The molecule has 0 saturated carbocycles. The summed E-state index contributed by atoms with van der Waals surface area (Å²) in [7, 11) is 1.04. The smallest absolute Gasteiger partial charge is 0.471 e. The third kappa shape index (κ3) is 6.34. The zero-order chi connectivity index (χ0) is 23.3. The second-order valence-electron chi connectivity index (χ2n) is 6.56. The summed E-state index contributed by atoms with van der Waals surface area (Å²) in [6.07, 6.45) is -5.85. The number of esters is 3. The van der Waals surface area contributed by atoms with Gasteiger partial charge in [-0.25, -0.2) is 4.79 Å². The van der Waals surface area contributed by atoms with Crippen molar-refractivity contribution in [2.45, 2.75) is 57.2 Å². The fraction of sp³-hybridized carbons (Fsp3) is 0.647. The van der Waals surface area contributed by atoms with E-state index in [4.69, 9.17) is 19.9 Å². The second kappa shape index (κ2) is 9.78. The lowest BCUT2D eigenvalue weighted by Crippen LogP contribution is -2.68. The summed E-state index contributed by atoms with van der Waals surface area (Å²) in [6.45, 7) is 3.06. The molecule has 0 aromatic heterocycles. The third-order valence-corrected chi connectivity index (χ3v) is 4.24. The molecule has 1 heterocycles. The Morgan fingerprint density at radius 1 is 1.27 bits per heavy atom. The van der Waals surface area contributed by atoms with Crippen LogP contribution in [0.15, 0.2) is 11.8 Å². The highest BCUT2D eigenvalue weighted by Crippen LogP contribution is 2.35. The van der Waals surface area contributed by atoms with E-state index in [1.165, 1.54) is 6.92 Å². The van der Waals surface area contributed by atoms with Gasteiger partial charge in [-0.2, -0.15) is 13.2 Å². The number of methoxy groups -OCH3 is 1. The summed E-state index contributed by atoms with van der Waals surface area (Å²) in [5, 5.41) is 1.72. The van der Waals surface area contributed by atoms with Crippen molar-refractivity contribution in [1.29, 1.82) is 0 Å². The Balaban J connectivity index is 3.38. The predicted octanol–water partition coefficient (Wildman–Crippen LogP) is 0.0915. The maximum atomic E-state index is 12.8. The van der Waals surface area contributed by atoms with Crippen LogP contribution >= 0.6 is 0 Å². The van der Waals surface area contributed by atoms with Crippen LogP contribution in [-0.2, 0) is 38.1 Å². The van der Waals surface area contributed by atoms with Crippen molar-refractivity contribution in [3.63, 3.8) is 0 Å². The summed E-state index contributed by atoms with van der Waals surface area (Å²) in [5.41, 5.74) is 3.95. The molecular weight excluding hydrogens is 417 g/mol. The van der Waals surface area contributed by atoms with Gasteiger partial charge in [0.1, 0.15) is 6.10 Å². The molecule has 3 N–H and O–H groups in total. The van der Waals surface area contributed by atoms with Crippen molar-refractivity contribution in [3.05, 3.63) is 11.8 Å². The lowest BCUT2D eigenvalue weighted by molar-refractivity contribution is -0.187. The molecule has 1 aliphatic heterocycles. The molecule has 0 radical (unpaired) electrons. The first kappa shape index (κ1) is 25.2. The fourth-order valence-electron chi connectivity index (χ4n) is 2.90. The number of ether oxygens (including phenoxy) is 4. The van der Waals surface area contributed by atoms with E-state index in [0.717, 1.165) is 27.0 Å². The second-order valence-corrected chi connectivity index (χ2v) is 6.56. The maximum absolute atomic E-state index is 12.8. The monoisotopic (exact) mass is 440 g/mol. The molecule has 0 spiro atoms. The molecule has 0 aromatic carbocycles. The summed E-state index contributed by atoms with van der Waals surface area (Å²) < 4.78 is 58.5. The zero-order valence-corrected chi connectivity index (χ0v) is 16.7. The van der Waals surface area contributed by atoms with E-state index in [9.17, 15) is 32.3 Å². The summed E-state index contributed by atoms with van der Waals surface area (Å²) in [6, 6.07) is -2.93. The van der Waals surface area contributed by atoms with E-state index in [2.05, 4.69) is 4.74 Å². The number of hydrogen-bond acceptors (Lipinski definition) is 9. The average Bonchev–Trinajstić information content (AvgIpc) is 2.61. The minimum atomic E-state index is -5.23. The highest BCUT2D eigenvalue weighted by atomic mass is 19.4. The van der Waals surface area contributed by atoms with E-state index >= 15 is 0 Å². The van der Waals surface area contributed by atoms with E-state index in [-0.39, 0.29) is 13.0 Å². The van der Waals surface area contributed by atoms with Gasteiger partial charge in [0.25, 0.3) is 0 Å². The molecule has 4 atom stereocenters. The summed E-state index contributed by atoms with van der Waals surface area (Å²) >= 11 is 0. The summed E-state index contributed by atoms with van der Waals surface area (Å²) in [5.74, 6) is -5.24. The first-order valence-electron chi connectivity index (χ1n) is 8.65. The standard InChI is InChI=1S/C17H23F3N2O8/c1-8(23)28-6-5-12(29-9(2)24)16(3)13(22-15(26)17(18,19)20)10(21)7-11(30-16)14(25)27-4/h7,10,12-13H,5-6,21H2,1-4H3,(H,22,26)/t10-,12+,13+,16-/m0/s1. The van der Waals surface area contributed by atoms with Crippen LogP contribution in [0.2, 0.25) is 0 Å². The number of nitrogens with one attached hydrogen (secondary N) is 1. The van der Waals surface area contributed by atoms with Crippen LogP contribution in [0.3, 0.4) is 0 Å². The Labute approximate surface area is 169 Å². The predicted molar refractivity (Wildman–Crippen MR) is 92.4 cm³/mol. The van der Waals surface area contributed by atoms with Crippen LogP contribution in [0, 0.1) is 0 Å². The Kier molecular flexibility index (Phi) is 8.22. The van der Waals surface area contributed by atoms with Crippen LogP contribution < -0.4 is 11.1 Å². The van der Waals surface area contributed by atoms with Crippen LogP contribution in [-0.4, -0.2) is 67.5 Å². The Morgan fingerprint density at radius 3 is 2.33 bits per heavy atom. The average molecular weight is 440 g/mol. The molecule has 1 aliphatic rings. The highest BCUT2D eigenvalue weighted by Gasteiger charge is 2.54. The minimum Gasteiger partial charge on any atom is -0.474 e. The normalized spacial score (nSPS) is 24.6. The van der Waals surface area contributed by atoms with Gasteiger partial charge in [-0.15, -0.1) is 0 Å². The Bertz CT molecular complexity index is 724. The number of amides is 1.